The molecule has 0 spiro atoms. The molecule has 0 aliphatic heterocycles. The van der Waals surface area contributed by atoms with Gasteiger partial charge < -0.3 is 9.88 Å². The summed E-state index contributed by atoms with van der Waals surface area (Å²) in [6.07, 6.45) is 3.51. The van der Waals surface area contributed by atoms with E-state index in [-0.39, 0.29) is 11.7 Å². The largest absolute Gasteiger partial charge is 0.325 e. The average Bonchev–Trinajstić information content (AvgIpc) is 3.04. The van der Waals surface area contributed by atoms with Crippen LogP contribution in [0.4, 0.5) is 5.69 Å². The number of hydrogen-bond donors (Lipinski definition) is 1. The second-order valence-electron chi connectivity index (χ2n) is 6.70. The molecule has 0 aliphatic carbocycles. The zero-order valence-corrected chi connectivity index (χ0v) is 16.5. The van der Waals surface area contributed by atoms with Crippen LogP contribution in [-0.2, 0) is 11.3 Å². The summed E-state index contributed by atoms with van der Waals surface area (Å²) in [4.78, 5) is 16.5. The van der Waals surface area contributed by atoms with Gasteiger partial charge in [0, 0.05) is 30.2 Å². The molecule has 0 radical (unpaired) electrons. The minimum Gasteiger partial charge on any atom is -0.325 e. The van der Waals surface area contributed by atoms with E-state index in [0.29, 0.717) is 5.92 Å². The Kier molecular flexibility index (Phi) is 6.24. The number of aromatic nitrogens is 4. The Labute approximate surface area is 163 Å². The van der Waals surface area contributed by atoms with Crippen LogP contribution in [0.3, 0.4) is 0 Å². The molecule has 140 valence electrons. The van der Waals surface area contributed by atoms with Gasteiger partial charge in [0.15, 0.2) is 11.0 Å². The molecule has 1 amide bonds. The highest BCUT2D eigenvalue weighted by molar-refractivity contribution is 7.99. The van der Waals surface area contributed by atoms with Gasteiger partial charge in [0.05, 0.1) is 5.75 Å². The van der Waals surface area contributed by atoms with Gasteiger partial charge in [-0.15, -0.1) is 10.2 Å². The first-order valence-electron chi connectivity index (χ1n) is 8.86. The first-order chi connectivity index (χ1) is 13.0. The van der Waals surface area contributed by atoms with Gasteiger partial charge in [-0.1, -0.05) is 43.8 Å². The fourth-order valence-corrected chi connectivity index (χ4v) is 3.41. The predicted octanol–water partition coefficient (Wildman–Crippen LogP) is 4.04. The molecule has 27 heavy (non-hydrogen) atoms. The number of thioether (sulfide) groups is 1. The van der Waals surface area contributed by atoms with Crippen molar-refractivity contribution < 1.29 is 4.79 Å². The molecule has 2 aromatic heterocycles. The van der Waals surface area contributed by atoms with E-state index in [9.17, 15) is 4.79 Å². The topological polar surface area (TPSA) is 72.7 Å². The molecule has 0 aliphatic rings. The number of anilines is 1. The summed E-state index contributed by atoms with van der Waals surface area (Å²) < 4.78 is 2.06. The molecular formula is C20H23N5OS. The number of para-hydroxylation sites is 1. The number of carbonyl (C=O) groups excluding carboxylic acids is 1. The molecular weight excluding hydrogens is 358 g/mol. The molecule has 3 rings (SSSR count). The second kappa shape index (κ2) is 8.81. The summed E-state index contributed by atoms with van der Waals surface area (Å²) in [5.74, 6) is 1.42. The van der Waals surface area contributed by atoms with Crippen molar-refractivity contribution in [2.45, 2.75) is 32.5 Å². The van der Waals surface area contributed by atoms with Crippen molar-refractivity contribution in [1.29, 1.82) is 0 Å². The highest BCUT2D eigenvalue weighted by Gasteiger charge is 2.17. The lowest BCUT2D eigenvalue weighted by atomic mass is 10.2. The molecule has 3 aromatic rings. The minimum atomic E-state index is -0.0590. The van der Waals surface area contributed by atoms with Gasteiger partial charge in [-0.25, -0.2) is 0 Å². The summed E-state index contributed by atoms with van der Waals surface area (Å²) in [5.41, 5.74) is 2.79. The maximum Gasteiger partial charge on any atom is 0.234 e. The first-order valence-corrected chi connectivity index (χ1v) is 9.85. The maximum absolute atomic E-state index is 12.3. The number of carbonyl (C=O) groups is 1. The van der Waals surface area contributed by atoms with Gasteiger partial charge in [-0.3, -0.25) is 9.78 Å². The van der Waals surface area contributed by atoms with Crippen molar-refractivity contribution in [3.63, 3.8) is 0 Å². The number of benzene rings is 1. The van der Waals surface area contributed by atoms with Gasteiger partial charge in [0.1, 0.15) is 0 Å². The van der Waals surface area contributed by atoms with Crippen molar-refractivity contribution in [3.8, 4) is 11.4 Å². The van der Waals surface area contributed by atoms with E-state index in [1.54, 1.807) is 12.4 Å². The minimum absolute atomic E-state index is 0.0590. The Morgan fingerprint density at radius 3 is 2.70 bits per heavy atom. The highest BCUT2D eigenvalue weighted by Crippen LogP contribution is 2.25. The number of aryl methyl sites for hydroxylation is 1. The molecule has 1 N–H and O–H groups in total. The van der Waals surface area contributed by atoms with Crippen LogP contribution in [0.1, 0.15) is 19.4 Å². The molecule has 2 heterocycles. The zero-order valence-electron chi connectivity index (χ0n) is 15.7. The van der Waals surface area contributed by atoms with Crippen molar-refractivity contribution in [1.82, 2.24) is 19.7 Å². The quantitative estimate of drug-likeness (QED) is 0.626. The third kappa shape index (κ3) is 4.95. The fourth-order valence-electron chi connectivity index (χ4n) is 2.66. The average molecular weight is 382 g/mol. The van der Waals surface area contributed by atoms with Crippen LogP contribution in [0.15, 0.2) is 53.9 Å². The number of nitrogens with zero attached hydrogens (tertiary/aromatic N) is 4. The van der Waals surface area contributed by atoms with Crippen LogP contribution in [0.5, 0.6) is 0 Å². The van der Waals surface area contributed by atoms with E-state index in [0.717, 1.165) is 34.3 Å². The van der Waals surface area contributed by atoms with Crippen molar-refractivity contribution in [2.75, 3.05) is 11.1 Å². The van der Waals surface area contributed by atoms with Gasteiger partial charge in [0.25, 0.3) is 0 Å². The third-order valence-electron chi connectivity index (χ3n) is 3.94. The van der Waals surface area contributed by atoms with Gasteiger partial charge in [0.2, 0.25) is 5.91 Å². The van der Waals surface area contributed by atoms with Crippen molar-refractivity contribution >= 4 is 23.4 Å². The van der Waals surface area contributed by atoms with Gasteiger partial charge >= 0.3 is 0 Å². The molecule has 0 atom stereocenters. The number of rotatable bonds is 7. The Hall–Kier alpha value is -2.67. The van der Waals surface area contributed by atoms with E-state index in [4.69, 9.17) is 0 Å². The summed E-state index contributed by atoms with van der Waals surface area (Å²) in [7, 11) is 0. The zero-order chi connectivity index (χ0) is 19.2. The van der Waals surface area contributed by atoms with Crippen LogP contribution in [-0.4, -0.2) is 31.4 Å². The van der Waals surface area contributed by atoms with E-state index in [1.807, 2.05) is 43.3 Å². The fraction of sp³-hybridized carbons (Fsp3) is 0.300. The third-order valence-corrected chi connectivity index (χ3v) is 4.90. The Balaban J connectivity index is 1.73. The lowest BCUT2D eigenvalue weighted by Gasteiger charge is -2.12. The van der Waals surface area contributed by atoms with Gasteiger partial charge in [-0.2, -0.15) is 0 Å². The second-order valence-corrected chi connectivity index (χ2v) is 7.65. The first kappa shape index (κ1) is 19.1. The Bertz CT molecular complexity index is 908. The predicted molar refractivity (Wildman–Crippen MR) is 109 cm³/mol. The van der Waals surface area contributed by atoms with Crippen molar-refractivity contribution in [3.05, 3.63) is 54.4 Å². The van der Waals surface area contributed by atoms with Crippen LogP contribution in [0, 0.1) is 12.8 Å². The van der Waals surface area contributed by atoms with Crippen LogP contribution in [0.2, 0.25) is 0 Å². The number of nitrogens with one attached hydrogen (secondary N) is 1. The SMILES string of the molecule is Cc1ccccc1NC(=O)CSc1nnc(-c2cccnc2)n1CC(C)C. The maximum atomic E-state index is 12.3. The van der Waals surface area contributed by atoms with E-state index in [1.165, 1.54) is 11.8 Å². The van der Waals surface area contributed by atoms with E-state index >= 15 is 0 Å². The monoisotopic (exact) mass is 381 g/mol. The van der Waals surface area contributed by atoms with Gasteiger partial charge in [-0.05, 0) is 36.6 Å². The van der Waals surface area contributed by atoms with Crippen LogP contribution < -0.4 is 5.32 Å². The number of pyridine rings is 1. The standard InChI is InChI=1S/C20H23N5OS/c1-14(2)12-25-19(16-8-6-10-21-11-16)23-24-20(25)27-13-18(26)22-17-9-5-4-7-15(17)3/h4-11,14H,12-13H2,1-3H3,(H,22,26). The summed E-state index contributed by atoms with van der Waals surface area (Å²) in [6.45, 7) is 7.04. The lowest BCUT2D eigenvalue weighted by molar-refractivity contribution is -0.113. The summed E-state index contributed by atoms with van der Waals surface area (Å²) in [5, 5.41) is 12.3. The Morgan fingerprint density at radius 2 is 2.00 bits per heavy atom. The smallest absolute Gasteiger partial charge is 0.234 e. The molecule has 0 bridgehead atoms. The Morgan fingerprint density at radius 1 is 1.19 bits per heavy atom. The lowest BCUT2D eigenvalue weighted by Crippen LogP contribution is -2.15. The molecule has 7 heteroatoms. The summed E-state index contributed by atoms with van der Waals surface area (Å²) >= 11 is 1.39. The summed E-state index contributed by atoms with van der Waals surface area (Å²) in [6, 6.07) is 11.6. The highest BCUT2D eigenvalue weighted by atomic mass is 32.2. The molecule has 6 nitrogen and oxygen atoms in total. The molecule has 0 saturated heterocycles. The number of amides is 1. The molecule has 0 saturated carbocycles. The molecule has 0 fully saturated rings. The molecule has 1 aromatic carbocycles. The molecule has 0 unspecified atom stereocenters. The van der Waals surface area contributed by atoms with E-state index in [2.05, 4.69) is 38.9 Å². The van der Waals surface area contributed by atoms with Crippen LogP contribution >= 0.6 is 11.8 Å². The number of hydrogen-bond acceptors (Lipinski definition) is 5. The van der Waals surface area contributed by atoms with E-state index < -0.39 is 0 Å². The van der Waals surface area contributed by atoms with Crippen LogP contribution in [0.25, 0.3) is 11.4 Å². The normalized spacial score (nSPS) is 11.0. The van der Waals surface area contributed by atoms with Crippen molar-refractivity contribution in [2.24, 2.45) is 5.92 Å².